The van der Waals surface area contributed by atoms with Crippen molar-refractivity contribution in [1.82, 2.24) is 25.1 Å². The van der Waals surface area contributed by atoms with E-state index >= 15 is 4.39 Å². The van der Waals surface area contributed by atoms with Gasteiger partial charge in [-0.3, -0.25) is 24.5 Å². The molecule has 3 saturated heterocycles. The SMILES string of the molecule is O=C1CCC(Oc2ccc(N3CCC(O)(CC(=O)N4CCN(C(=O)[C@H]5CCC[C@@H](Nc6ncc(Cl)c(-c7cccc(-c8ccc(F)cc8)c7)n6)C5)CC4)CC3)c(F)c2)C(=O)N1. The van der Waals surface area contributed by atoms with Crippen LogP contribution in [0.3, 0.4) is 0 Å². The van der Waals surface area contributed by atoms with Crippen molar-refractivity contribution in [2.24, 2.45) is 5.92 Å². The number of hydrogen-bond donors (Lipinski definition) is 3. The summed E-state index contributed by atoms with van der Waals surface area (Å²) in [5, 5.41) is 17.5. The Morgan fingerprint density at radius 3 is 2.38 bits per heavy atom. The van der Waals surface area contributed by atoms with Gasteiger partial charge >= 0.3 is 0 Å². The van der Waals surface area contributed by atoms with Crippen molar-refractivity contribution >= 4 is 46.9 Å². The van der Waals surface area contributed by atoms with E-state index in [4.69, 9.17) is 21.3 Å². The maximum atomic E-state index is 15.2. The van der Waals surface area contributed by atoms with Gasteiger partial charge < -0.3 is 29.9 Å². The number of hydrogen-bond acceptors (Lipinski definition) is 10. The van der Waals surface area contributed by atoms with Crippen LogP contribution in [0.15, 0.2) is 72.9 Å². The van der Waals surface area contributed by atoms with Crippen LogP contribution in [0.5, 0.6) is 5.75 Å². The Bertz CT molecular complexity index is 2280. The Kier molecular flexibility index (Phi) is 12.5. The summed E-state index contributed by atoms with van der Waals surface area (Å²) in [7, 11) is 0. The van der Waals surface area contributed by atoms with E-state index in [2.05, 4.69) is 15.6 Å². The molecule has 1 unspecified atom stereocenters. The first-order valence-electron chi connectivity index (χ1n) is 20.9. The summed E-state index contributed by atoms with van der Waals surface area (Å²) in [6, 6.07) is 18.3. The van der Waals surface area contributed by atoms with Crippen molar-refractivity contribution in [2.75, 3.05) is 49.5 Å². The second kappa shape index (κ2) is 18.1. The lowest BCUT2D eigenvalue weighted by atomic mass is 9.84. The van der Waals surface area contributed by atoms with Crippen LogP contribution in [-0.4, -0.2) is 106 Å². The van der Waals surface area contributed by atoms with Crippen LogP contribution in [0.4, 0.5) is 20.4 Å². The molecule has 3 aliphatic heterocycles. The summed E-state index contributed by atoms with van der Waals surface area (Å²) >= 11 is 6.57. The lowest BCUT2D eigenvalue weighted by Gasteiger charge is -2.41. The second-order valence-electron chi connectivity index (χ2n) is 16.4. The summed E-state index contributed by atoms with van der Waals surface area (Å²) < 4.78 is 34.4. The van der Waals surface area contributed by atoms with Gasteiger partial charge in [-0.25, -0.2) is 18.7 Å². The molecular formula is C45H48ClF2N7O6. The molecule has 61 heavy (non-hydrogen) atoms. The predicted molar refractivity (Wildman–Crippen MR) is 225 cm³/mol. The van der Waals surface area contributed by atoms with Gasteiger partial charge in [-0.05, 0) is 73.6 Å². The number of nitrogens with one attached hydrogen (secondary N) is 2. The Hall–Kier alpha value is -5.67. The zero-order valence-electron chi connectivity index (χ0n) is 33.6. The molecule has 0 spiro atoms. The Morgan fingerprint density at radius 1 is 0.902 bits per heavy atom. The second-order valence-corrected chi connectivity index (χ2v) is 16.9. The molecule has 1 aliphatic carbocycles. The van der Waals surface area contributed by atoms with Crippen LogP contribution in [-0.2, 0) is 19.2 Å². The van der Waals surface area contributed by atoms with Gasteiger partial charge in [0.2, 0.25) is 23.7 Å². The number of aliphatic hydroxyl groups is 1. The number of rotatable bonds is 10. The quantitative estimate of drug-likeness (QED) is 0.162. The first-order chi connectivity index (χ1) is 29.4. The maximum Gasteiger partial charge on any atom is 0.267 e. The fourth-order valence-electron chi connectivity index (χ4n) is 8.79. The number of carbonyl (C=O) groups excluding carboxylic acids is 4. The number of imide groups is 1. The number of anilines is 2. The normalized spacial score (nSPS) is 21.8. The molecule has 16 heteroatoms. The molecule has 4 amide bonds. The summed E-state index contributed by atoms with van der Waals surface area (Å²) in [5.41, 5.74) is 2.22. The van der Waals surface area contributed by atoms with Crippen LogP contribution in [0.25, 0.3) is 22.4 Å². The number of ether oxygens (including phenoxy) is 1. The van der Waals surface area contributed by atoms with Gasteiger partial charge in [-0.2, -0.15) is 0 Å². The largest absolute Gasteiger partial charge is 0.480 e. The Balaban J connectivity index is 0.795. The van der Waals surface area contributed by atoms with E-state index in [9.17, 15) is 28.7 Å². The van der Waals surface area contributed by atoms with Gasteiger partial charge in [0.15, 0.2) is 6.10 Å². The average Bonchev–Trinajstić information content (AvgIpc) is 3.26. The molecule has 3 N–H and O–H groups in total. The van der Waals surface area contributed by atoms with Crippen molar-refractivity contribution in [3.05, 3.63) is 89.6 Å². The van der Waals surface area contributed by atoms with Crippen LogP contribution >= 0.6 is 11.6 Å². The lowest BCUT2D eigenvalue weighted by Crippen LogP contribution is -2.54. The Labute approximate surface area is 357 Å². The summed E-state index contributed by atoms with van der Waals surface area (Å²) in [6.07, 6.45) is 4.66. The minimum absolute atomic E-state index is 0.0211. The number of piperidine rings is 2. The van der Waals surface area contributed by atoms with E-state index in [1.807, 2.05) is 34.1 Å². The van der Waals surface area contributed by atoms with Gasteiger partial charge in [0.25, 0.3) is 5.91 Å². The molecule has 1 saturated carbocycles. The first kappa shape index (κ1) is 42.0. The molecule has 4 aromatic rings. The zero-order chi connectivity index (χ0) is 42.7. The number of carbonyl (C=O) groups is 4. The minimum Gasteiger partial charge on any atom is -0.480 e. The van der Waals surface area contributed by atoms with Crippen LogP contribution < -0.4 is 20.3 Å². The number of halogens is 3. The molecule has 1 aromatic heterocycles. The number of nitrogens with zero attached hydrogens (tertiary/aromatic N) is 5. The molecular weight excluding hydrogens is 808 g/mol. The third-order valence-corrected chi connectivity index (χ3v) is 12.5. The van der Waals surface area contributed by atoms with Crippen LogP contribution in [0.2, 0.25) is 5.02 Å². The van der Waals surface area contributed by atoms with E-state index in [0.717, 1.165) is 36.0 Å². The molecule has 3 atom stereocenters. The molecule has 320 valence electrons. The molecule has 4 fully saturated rings. The third-order valence-electron chi connectivity index (χ3n) is 12.3. The minimum atomic E-state index is -1.24. The van der Waals surface area contributed by atoms with E-state index < -0.39 is 23.4 Å². The number of benzene rings is 3. The van der Waals surface area contributed by atoms with E-state index in [1.54, 1.807) is 35.4 Å². The first-order valence-corrected chi connectivity index (χ1v) is 21.3. The van der Waals surface area contributed by atoms with Crippen molar-refractivity contribution < 1.29 is 37.8 Å². The van der Waals surface area contributed by atoms with Crippen molar-refractivity contribution in [1.29, 1.82) is 0 Å². The third kappa shape index (κ3) is 9.94. The highest BCUT2D eigenvalue weighted by Gasteiger charge is 2.38. The van der Waals surface area contributed by atoms with E-state index in [-0.39, 0.29) is 73.4 Å². The predicted octanol–water partition coefficient (Wildman–Crippen LogP) is 5.99. The van der Waals surface area contributed by atoms with Crippen molar-refractivity contribution in [3.63, 3.8) is 0 Å². The molecule has 0 radical (unpaired) electrons. The molecule has 13 nitrogen and oxygen atoms in total. The smallest absolute Gasteiger partial charge is 0.267 e. The van der Waals surface area contributed by atoms with E-state index in [0.29, 0.717) is 68.0 Å². The molecule has 0 bridgehead atoms. The van der Waals surface area contributed by atoms with Crippen molar-refractivity contribution in [3.8, 4) is 28.1 Å². The summed E-state index contributed by atoms with van der Waals surface area (Å²) in [6.45, 7) is 2.26. The summed E-state index contributed by atoms with van der Waals surface area (Å²) in [5.74, 6) is -1.43. The Morgan fingerprint density at radius 2 is 1.64 bits per heavy atom. The standard InChI is InChI=1S/C45H48ClF2N7O6/c46-35-27-49-44(52-41(35)30-4-1-3-29(23-30)28-7-9-32(47)10-8-28)50-33-6-2-5-31(24-33)43(59)55-21-19-54(20-22-55)40(57)26-45(60)15-17-53(18-16-45)37-12-11-34(25-36(37)48)61-38-13-14-39(56)51-42(38)58/h1,3-4,7-12,23,25,27,31,33,38,60H,2,5-6,13-22,24,26H2,(H,49,50,52)(H,51,56,58)/t31-,33+,38?/m0/s1. The van der Waals surface area contributed by atoms with E-state index in [1.165, 1.54) is 18.2 Å². The molecule has 3 aromatic carbocycles. The average molecular weight is 856 g/mol. The highest BCUT2D eigenvalue weighted by molar-refractivity contribution is 6.33. The van der Waals surface area contributed by atoms with Crippen molar-refractivity contribution in [2.45, 2.75) is 75.5 Å². The lowest BCUT2D eigenvalue weighted by molar-refractivity contribution is -0.145. The van der Waals surface area contributed by atoms with Crippen LogP contribution in [0.1, 0.15) is 57.8 Å². The van der Waals surface area contributed by atoms with Gasteiger partial charge in [0, 0.05) is 75.7 Å². The fraction of sp³-hybridized carbons (Fsp3) is 0.422. The molecule has 8 rings (SSSR count). The van der Waals surface area contributed by atoms with Gasteiger partial charge in [-0.15, -0.1) is 0 Å². The number of amides is 4. The van der Waals surface area contributed by atoms with Gasteiger partial charge in [0.05, 0.1) is 34.6 Å². The zero-order valence-corrected chi connectivity index (χ0v) is 34.4. The molecule has 4 aliphatic rings. The monoisotopic (exact) mass is 855 g/mol. The highest BCUT2D eigenvalue weighted by atomic mass is 35.5. The number of aromatic nitrogens is 2. The highest BCUT2D eigenvalue weighted by Crippen LogP contribution is 2.35. The van der Waals surface area contributed by atoms with Gasteiger partial charge in [-0.1, -0.05) is 48.4 Å². The number of piperazine rings is 1. The fourth-order valence-corrected chi connectivity index (χ4v) is 8.99. The molecule has 4 heterocycles. The maximum absolute atomic E-state index is 15.2. The topological polar surface area (TPSA) is 157 Å². The van der Waals surface area contributed by atoms with Gasteiger partial charge in [0.1, 0.15) is 17.4 Å². The summed E-state index contributed by atoms with van der Waals surface area (Å²) in [4.78, 5) is 65.2. The van der Waals surface area contributed by atoms with Crippen LogP contribution in [0, 0.1) is 17.6 Å².